The van der Waals surface area contributed by atoms with Crippen molar-refractivity contribution in [2.45, 2.75) is 12.6 Å². The Bertz CT molecular complexity index is 509. The van der Waals surface area contributed by atoms with Gasteiger partial charge in [-0.05, 0) is 17.7 Å². The van der Waals surface area contributed by atoms with E-state index in [0.717, 1.165) is 11.3 Å². The van der Waals surface area contributed by atoms with Crippen LogP contribution in [0.5, 0.6) is 5.75 Å². The van der Waals surface area contributed by atoms with Gasteiger partial charge >= 0.3 is 12.0 Å². The zero-order valence-corrected chi connectivity index (χ0v) is 11.9. The minimum atomic E-state index is -0.966. The zero-order chi connectivity index (χ0) is 14.5. The Morgan fingerprint density at radius 1 is 1.55 bits per heavy atom. The van der Waals surface area contributed by atoms with Crippen LogP contribution in [0.1, 0.15) is 5.56 Å². The monoisotopic (exact) mass is 296 g/mol. The number of thioether (sulfide) groups is 1. The molecule has 2 rings (SSSR count). The first-order valence-corrected chi connectivity index (χ1v) is 7.25. The largest absolute Gasteiger partial charge is 0.497 e. The van der Waals surface area contributed by atoms with E-state index >= 15 is 0 Å². The molecule has 108 valence electrons. The number of aliphatic carboxylic acids is 1. The lowest BCUT2D eigenvalue weighted by atomic mass is 10.2. The summed E-state index contributed by atoms with van der Waals surface area (Å²) >= 11 is 1.44. The van der Waals surface area contributed by atoms with Crippen LogP contribution in [0.15, 0.2) is 24.3 Å². The number of nitrogens with zero attached hydrogens (tertiary/aromatic N) is 1. The molecule has 0 unspecified atom stereocenters. The first kappa shape index (κ1) is 14.5. The van der Waals surface area contributed by atoms with Crippen molar-refractivity contribution in [2.75, 3.05) is 18.7 Å². The van der Waals surface area contributed by atoms with Gasteiger partial charge in [-0.15, -0.1) is 11.8 Å². The fraction of sp³-hybridized carbons (Fsp3) is 0.385. The number of methoxy groups -OCH3 is 1. The minimum absolute atomic E-state index is 0.337. The van der Waals surface area contributed by atoms with Crippen LogP contribution < -0.4 is 10.1 Å². The molecule has 1 heterocycles. The van der Waals surface area contributed by atoms with Crippen molar-refractivity contribution >= 4 is 23.8 Å². The molecule has 0 aliphatic carbocycles. The highest BCUT2D eigenvalue weighted by molar-refractivity contribution is 7.99. The molecule has 1 aliphatic rings. The number of carboxylic acids is 1. The van der Waals surface area contributed by atoms with Gasteiger partial charge in [0.15, 0.2) is 0 Å². The molecular weight excluding hydrogens is 280 g/mol. The molecule has 2 N–H and O–H groups in total. The Kier molecular flexibility index (Phi) is 4.73. The highest BCUT2D eigenvalue weighted by atomic mass is 32.2. The van der Waals surface area contributed by atoms with Crippen molar-refractivity contribution in [2.24, 2.45) is 0 Å². The molecule has 6 nitrogen and oxygen atoms in total. The van der Waals surface area contributed by atoms with E-state index in [2.05, 4.69) is 5.32 Å². The van der Waals surface area contributed by atoms with Crippen LogP contribution in [0.4, 0.5) is 4.79 Å². The van der Waals surface area contributed by atoms with Crippen molar-refractivity contribution in [1.82, 2.24) is 10.2 Å². The van der Waals surface area contributed by atoms with E-state index in [9.17, 15) is 9.59 Å². The predicted molar refractivity (Wildman–Crippen MR) is 75.8 cm³/mol. The van der Waals surface area contributed by atoms with E-state index < -0.39 is 12.0 Å². The van der Waals surface area contributed by atoms with Gasteiger partial charge in [0.25, 0.3) is 0 Å². The average Bonchev–Trinajstić information content (AvgIpc) is 2.94. The molecule has 1 aliphatic heterocycles. The molecule has 1 fully saturated rings. The third-order valence-corrected chi connectivity index (χ3v) is 4.02. The Morgan fingerprint density at radius 2 is 2.35 bits per heavy atom. The standard InChI is InChI=1S/C13H16N2O4S/c1-19-10-4-2-3-9(5-10)6-14-13(18)15-8-20-7-11(15)12(16)17/h2-5,11H,6-8H2,1H3,(H,14,18)(H,16,17)/t11-/m0/s1. The maximum absolute atomic E-state index is 12.0. The van der Waals surface area contributed by atoms with Gasteiger partial charge in [-0.1, -0.05) is 12.1 Å². The second-order valence-electron chi connectivity index (χ2n) is 4.33. The number of rotatable bonds is 4. The number of benzene rings is 1. The molecule has 7 heteroatoms. The van der Waals surface area contributed by atoms with Crippen LogP contribution in [0, 0.1) is 0 Å². The maximum atomic E-state index is 12.0. The summed E-state index contributed by atoms with van der Waals surface area (Å²) in [6.45, 7) is 0.337. The highest BCUT2D eigenvalue weighted by Gasteiger charge is 2.34. The van der Waals surface area contributed by atoms with Crippen LogP contribution in [0.3, 0.4) is 0 Å². The lowest BCUT2D eigenvalue weighted by Crippen LogP contribution is -2.46. The van der Waals surface area contributed by atoms with Gasteiger partial charge in [0.1, 0.15) is 11.8 Å². The lowest BCUT2D eigenvalue weighted by molar-refractivity contribution is -0.140. The number of carboxylic acid groups (broad SMARTS) is 1. The van der Waals surface area contributed by atoms with E-state index in [1.807, 2.05) is 24.3 Å². The van der Waals surface area contributed by atoms with Gasteiger partial charge < -0.3 is 20.1 Å². The summed E-state index contributed by atoms with van der Waals surface area (Å²) < 4.78 is 5.11. The highest BCUT2D eigenvalue weighted by Crippen LogP contribution is 2.21. The molecule has 0 radical (unpaired) electrons. The topological polar surface area (TPSA) is 78.9 Å². The Labute approximate surface area is 121 Å². The fourth-order valence-electron chi connectivity index (χ4n) is 1.91. The van der Waals surface area contributed by atoms with E-state index in [4.69, 9.17) is 9.84 Å². The summed E-state index contributed by atoms with van der Waals surface area (Å²) in [4.78, 5) is 24.4. The van der Waals surface area contributed by atoms with Crippen molar-refractivity contribution in [3.8, 4) is 5.75 Å². The smallest absolute Gasteiger partial charge is 0.327 e. The molecule has 2 amide bonds. The summed E-state index contributed by atoms with van der Waals surface area (Å²) in [5.74, 6) is 0.589. The molecular formula is C13H16N2O4S. The molecule has 0 aromatic heterocycles. The average molecular weight is 296 g/mol. The van der Waals surface area contributed by atoms with Gasteiger partial charge in [-0.2, -0.15) is 0 Å². The Hall–Kier alpha value is -1.89. The number of nitrogens with one attached hydrogen (secondary N) is 1. The lowest BCUT2D eigenvalue weighted by Gasteiger charge is -2.20. The third-order valence-electron chi connectivity index (χ3n) is 3.01. The van der Waals surface area contributed by atoms with Gasteiger partial charge in [0, 0.05) is 12.3 Å². The predicted octanol–water partition coefficient (Wildman–Crippen LogP) is 1.36. The maximum Gasteiger partial charge on any atom is 0.327 e. The first-order chi connectivity index (χ1) is 9.61. The summed E-state index contributed by atoms with van der Waals surface area (Å²) in [5.41, 5.74) is 0.899. The third kappa shape index (κ3) is 3.36. The summed E-state index contributed by atoms with van der Waals surface area (Å²) in [6, 6.07) is 6.26. The number of urea groups is 1. The van der Waals surface area contributed by atoms with Crippen molar-refractivity contribution in [3.05, 3.63) is 29.8 Å². The van der Waals surface area contributed by atoms with E-state index in [1.54, 1.807) is 7.11 Å². The number of carbonyl (C=O) groups excluding carboxylic acids is 1. The summed E-state index contributed by atoms with van der Waals surface area (Å²) in [6.07, 6.45) is 0. The van der Waals surface area contributed by atoms with Crippen LogP contribution >= 0.6 is 11.8 Å². The van der Waals surface area contributed by atoms with E-state index in [-0.39, 0.29) is 6.03 Å². The summed E-state index contributed by atoms with van der Waals surface area (Å²) in [7, 11) is 1.58. The van der Waals surface area contributed by atoms with E-state index in [0.29, 0.717) is 18.2 Å². The van der Waals surface area contributed by atoms with Gasteiger partial charge in [0.05, 0.1) is 13.0 Å². The van der Waals surface area contributed by atoms with Crippen LogP contribution in [0.2, 0.25) is 0 Å². The van der Waals surface area contributed by atoms with Gasteiger partial charge in [0.2, 0.25) is 0 Å². The van der Waals surface area contributed by atoms with Gasteiger partial charge in [-0.3, -0.25) is 0 Å². The number of hydrogen-bond acceptors (Lipinski definition) is 4. The van der Waals surface area contributed by atoms with Crippen molar-refractivity contribution in [1.29, 1.82) is 0 Å². The second-order valence-corrected chi connectivity index (χ2v) is 5.33. The second kappa shape index (κ2) is 6.51. The van der Waals surface area contributed by atoms with Crippen molar-refractivity contribution < 1.29 is 19.4 Å². The van der Waals surface area contributed by atoms with Gasteiger partial charge in [-0.25, -0.2) is 9.59 Å². The molecule has 1 aromatic carbocycles. The summed E-state index contributed by atoms with van der Waals surface area (Å²) in [5, 5.41) is 11.8. The Morgan fingerprint density at radius 3 is 3.05 bits per heavy atom. The number of amides is 2. The molecule has 0 bridgehead atoms. The van der Waals surface area contributed by atoms with E-state index in [1.165, 1.54) is 16.7 Å². The zero-order valence-electron chi connectivity index (χ0n) is 11.0. The number of hydrogen-bond donors (Lipinski definition) is 2. The number of carbonyl (C=O) groups is 2. The normalized spacial score (nSPS) is 17.9. The molecule has 1 aromatic rings. The molecule has 1 atom stereocenters. The Balaban J connectivity index is 1.93. The molecule has 0 saturated carbocycles. The quantitative estimate of drug-likeness (QED) is 0.877. The molecule has 0 spiro atoms. The molecule has 1 saturated heterocycles. The van der Waals surface area contributed by atoms with Crippen LogP contribution in [0.25, 0.3) is 0 Å². The first-order valence-electron chi connectivity index (χ1n) is 6.10. The number of ether oxygens (including phenoxy) is 1. The SMILES string of the molecule is COc1cccc(CNC(=O)N2CSC[C@H]2C(=O)O)c1. The van der Waals surface area contributed by atoms with Crippen LogP contribution in [-0.2, 0) is 11.3 Å². The molecule has 20 heavy (non-hydrogen) atoms. The minimum Gasteiger partial charge on any atom is -0.497 e. The van der Waals surface area contributed by atoms with Crippen LogP contribution in [-0.4, -0.2) is 46.8 Å². The fourth-order valence-corrected chi connectivity index (χ4v) is 3.05. The van der Waals surface area contributed by atoms with Crippen molar-refractivity contribution in [3.63, 3.8) is 0 Å².